The maximum absolute atomic E-state index is 10.6. The van der Waals surface area contributed by atoms with E-state index in [0.29, 0.717) is 6.29 Å². The van der Waals surface area contributed by atoms with Gasteiger partial charge in [0, 0.05) is 5.56 Å². The second-order valence-corrected chi connectivity index (χ2v) is 3.40. The number of carboxylic acids is 1. The molecule has 0 spiro atoms. The molecule has 1 N–H and O–H groups in total. The molecule has 0 amide bonds. The van der Waals surface area contributed by atoms with Gasteiger partial charge in [-0.05, 0) is 17.7 Å². The summed E-state index contributed by atoms with van der Waals surface area (Å²) in [6.45, 7) is 0. The molecule has 0 aliphatic carbocycles. The Morgan fingerprint density at radius 1 is 1.43 bits per heavy atom. The molecule has 0 saturated carbocycles. The van der Waals surface area contributed by atoms with Gasteiger partial charge in [-0.3, -0.25) is 9.59 Å². The van der Waals surface area contributed by atoms with Crippen molar-refractivity contribution in [2.75, 3.05) is 0 Å². The van der Waals surface area contributed by atoms with E-state index in [1.807, 2.05) is 0 Å². The minimum absolute atomic E-state index is 0.124. The first-order chi connectivity index (χ1) is 6.56. The van der Waals surface area contributed by atoms with E-state index in [0.717, 1.165) is 0 Å². The number of rotatable bonds is 3. The Morgan fingerprint density at radius 3 is 2.57 bits per heavy atom. The number of benzene rings is 1. The van der Waals surface area contributed by atoms with Crippen molar-refractivity contribution in [1.29, 1.82) is 0 Å². The first-order valence-corrected chi connectivity index (χ1v) is 4.45. The molecule has 0 heterocycles. The second-order valence-electron chi connectivity index (χ2n) is 2.62. The first-order valence-electron chi connectivity index (χ1n) is 3.70. The molecule has 0 bridgehead atoms. The molecule has 0 radical (unpaired) electrons. The maximum atomic E-state index is 10.6. The molecule has 0 fully saturated rings. The lowest BCUT2D eigenvalue weighted by atomic mass is 10.1. The Labute approximate surface area is 90.3 Å². The standard InChI is InChI=1S/C9H6Cl2O3/c10-7-2-1-5(4-12)6(9(7)11)3-8(13)14/h1-2,4H,3H2,(H,13,14). The summed E-state index contributed by atoms with van der Waals surface area (Å²) < 4.78 is 0. The van der Waals surface area contributed by atoms with Crippen molar-refractivity contribution in [1.82, 2.24) is 0 Å². The summed E-state index contributed by atoms with van der Waals surface area (Å²) in [4.78, 5) is 21.1. The second kappa shape index (κ2) is 4.44. The zero-order valence-corrected chi connectivity index (χ0v) is 8.47. The van der Waals surface area contributed by atoms with Gasteiger partial charge in [0.25, 0.3) is 0 Å². The first kappa shape index (κ1) is 11.0. The van der Waals surface area contributed by atoms with Crippen LogP contribution < -0.4 is 0 Å². The number of carbonyl (C=O) groups is 2. The summed E-state index contributed by atoms with van der Waals surface area (Å²) >= 11 is 11.5. The lowest BCUT2D eigenvalue weighted by molar-refractivity contribution is -0.136. The molecular weight excluding hydrogens is 227 g/mol. The van der Waals surface area contributed by atoms with Crippen molar-refractivity contribution in [3.63, 3.8) is 0 Å². The molecule has 0 aliphatic heterocycles. The smallest absolute Gasteiger partial charge is 0.307 e. The van der Waals surface area contributed by atoms with Crippen LogP contribution in [-0.4, -0.2) is 17.4 Å². The molecule has 0 unspecified atom stereocenters. The highest BCUT2D eigenvalue weighted by atomic mass is 35.5. The molecular formula is C9H6Cl2O3. The van der Waals surface area contributed by atoms with E-state index in [4.69, 9.17) is 28.3 Å². The summed E-state index contributed by atoms with van der Waals surface area (Å²) in [5, 5.41) is 8.95. The maximum Gasteiger partial charge on any atom is 0.307 e. The predicted molar refractivity (Wildman–Crippen MR) is 53.2 cm³/mol. The van der Waals surface area contributed by atoms with E-state index in [9.17, 15) is 9.59 Å². The van der Waals surface area contributed by atoms with Crippen molar-refractivity contribution >= 4 is 35.5 Å². The van der Waals surface area contributed by atoms with Crippen LogP contribution in [0.2, 0.25) is 10.0 Å². The average Bonchev–Trinajstić information content (AvgIpc) is 2.13. The Kier molecular flexibility index (Phi) is 3.49. The lowest BCUT2D eigenvalue weighted by Crippen LogP contribution is -2.04. The van der Waals surface area contributed by atoms with Crippen LogP contribution in [-0.2, 0) is 11.2 Å². The third-order valence-corrected chi connectivity index (χ3v) is 2.53. The van der Waals surface area contributed by atoms with Gasteiger partial charge in [-0.25, -0.2) is 0 Å². The van der Waals surface area contributed by atoms with E-state index < -0.39 is 5.97 Å². The van der Waals surface area contributed by atoms with Crippen LogP contribution in [0.25, 0.3) is 0 Å². The highest BCUT2D eigenvalue weighted by Gasteiger charge is 2.13. The molecule has 0 atom stereocenters. The van der Waals surface area contributed by atoms with Crippen LogP contribution in [0.5, 0.6) is 0 Å². The number of carboxylic acid groups (broad SMARTS) is 1. The van der Waals surface area contributed by atoms with E-state index in [1.54, 1.807) is 0 Å². The molecule has 1 aromatic carbocycles. The number of aliphatic carboxylic acids is 1. The van der Waals surface area contributed by atoms with Crippen molar-refractivity contribution in [3.8, 4) is 0 Å². The molecule has 5 heteroatoms. The minimum Gasteiger partial charge on any atom is -0.481 e. The molecule has 74 valence electrons. The highest BCUT2D eigenvalue weighted by molar-refractivity contribution is 6.42. The summed E-state index contributed by atoms with van der Waals surface area (Å²) in [6, 6.07) is 2.90. The van der Waals surface area contributed by atoms with E-state index in [1.165, 1.54) is 12.1 Å². The molecule has 3 nitrogen and oxygen atoms in total. The Bertz CT molecular complexity index is 388. The Morgan fingerprint density at radius 2 is 2.07 bits per heavy atom. The van der Waals surface area contributed by atoms with E-state index in [-0.39, 0.29) is 27.6 Å². The molecule has 1 rings (SSSR count). The SMILES string of the molecule is O=Cc1ccc(Cl)c(Cl)c1CC(=O)O. The zero-order chi connectivity index (χ0) is 10.7. The van der Waals surface area contributed by atoms with Crippen LogP contribution in [0.4, 0.5) is 0 Å². The quantitative estimate of drug-likeness (QED) is 0.815. The van der Waals surface area contributed by atoms with Gasteiger partial charge in [0.1, 0.15) is 6.29 Å². The largest absolute Gasteiger partial charge is 0.481 e. The molecule has 1 aromatic rings. The van der Waals surface area contributed by atoms with Crippen molar-refractivity contribution in [3.05, 3.63) is 33.3 Å². The number of halogens is 2. The Balaban J connectivity index is 3.27. The van der Waals surface area contributed by atoms with Gasteiger partial charge in [0.2, 0.25) is 0 Å². The number of carbonyl (C=O) groups excluding carboxylic acids is 1. The predicted octanol–water partition coefficient (Wildman–Crippen LogP) is 2.43. The minimum atomic E-state index is -1.06. The normalized spacial score (nSPS) is 9.86. The fourth-order valence-electron chi connectivity index (χ4n) is 1.05. The zero-order valence-electron chi connectivity index (χ0n) is 6.96. The summed E-state index contributed by atoms with van der Waals surface area (Å²) in [7, 11) is 0. The van der Waals surface area contributed by atoms with Crippen LogP contribution in [0, 0.1) is 0 Å². The Hall–Kier alpha value is -1.06. The van der Waals surface area contributed by atoms with Crippen LogP contribution in [0.3, 0.4) is 0 Å². The molecule has 0 aliphatic rings. The molecule has 14 heavy (non-hydrogen) atoms. The van der Waals surface area contributed by atoms with Gasteiger partial charge in [-0.2, -0.15) is 0 Å². The van der Waals surface area contributed by atoms with Gasteiger partial charge < -0.3 is 5.11 Å². The monoisotopic (exact) mass is 232 g/mol. The summed E-state index contributed by atoms with van der Waals surface area (Å²) in [5.41, 5.74) is 0.503. The van der Waals surface area contributed by atoms with Crippen molar-refractivity contribution in [2.45, 2.75) is 6.42 Å². The van der Waals surface area contributed by atoms with Gasteiger partial charge >= 0.3 is 5.97 Å². The van der Waals surface area contributed by atoms with Crippen molar-refractivity contribution < 1.29 is 14.7 Å². The van der Waals surface area contributed by atoms with Gasteiger partial charge in [0.05, 0.1) is 16.5 Å². The lowest BCUT2D eigenvalue weighted by Gasteiger charge is -2.05. The van der Waals surface area contributed by atoms with Crippen LogP contribution in [0.1, 0.15) is 15.9 Å². The van der Waals surface area contributed by atoms with Crippen molar-refractivity contribution in [2.24, 2.45) is 0 Å². The van der Waals surface area contributed by atoms with E-state index >= 15 is 0 Å². The van der Waals surface area contributed by atoms with Crippen LogP contribution >= 0.6 is 23.2 Å². The average molecular weight is 233 g/mol. The third kappa shape index (κ3) is 2.25. The fraction of sp³-hybridized carbons (Fsp3) is 0.111. The highest BCUT2D eigenvalue weighted by Crippen LogP contribution is 2.28. The fourth-order valence-corrected chi connectivity index (χ4v) is 1.46. The topological polar surface area (TPSA) is 54.4 Å². The van der Waals surface area contributed by atoms with Crippen LogP contribution in [0.15, 0.2) is 12.1 Å². The number of hydrogen-bond acceptors (Lipinski definition) is 2. The molecule has 0 aromatic heterocycles. The van der Waals surface area contributed by atoms with Gasteiger partial charge in [0.15, 0.2) is 0 Å². The molecule has 0 saturated heterocycles. The third-order valence-electron chi connectivity index (χ3n) is 1.69. The number of aldehydes is 1. The van der Waals surface area contributed by atoms with Gasteiger partial charge in [-0.1, -0.05) is 23.2 Å². The summed E-state index contributed by atoms with van der Waals surface area (Å²) in [6.07, 6.45) is 0.244. The summed E-state index contributed by atoms with van der Waals surface area (Å²) in [5.74, 6) is -1.06. The van der Waals surface area contributed by atoms with Gasteiger partial charge in [-0.15, -0.1) is 0 Å². The number of hydrogen-bond donors (Lipinski definition) is 1. The van der Waals surface area contributed by atoms with E-state index in [2.05, 4.69) is 0 Å².